The predicted molar refractivity (Wildman–Crippen MR) is 78.2 cm³/mol. The van der Waals surface area contributed by atoms with E-state index in [1.165, 1.54) is 0 Å². The number of para-hydroxylation sites is 2. The molecule has 1 aromatic carbocycles. The molecule has 2 heterocycles. The number of aromatic nitrogens is 3. The molecule has 0 aliphatic carbocycles. The highest BCUT2D eigenvalue weighted by atomic mass is 16.3. The van der Waals surface area contributed by atoms with Gasteiger partial charge in [0.05, 0.1) is 16.6 Å². The number of benzene rings is 1. The van der Waals surface area contributed by atoms with Crippen LogP contribution in [0.2, 0.25) is 0 Å². The Morgan fingerprint density at radius 1 is 1.20 bits per heavy atom. The summed E-state index contributed by atoms with van der Waals surface area (Å²) in [7, 11) is 1.98. The summed E-state index contributed by atoms with van der Waals surface area (Å²) in [6.45, 7) is 1.80. The Bertz CT molecular complexity index is 732. The number of hydrogen-bond acceptors (Lipinski definition) is 3. The van der Waals surface area contributed by atoms with Crippen LogP contribution in [-0.2, 0) is 19.1 Å². The maximum Gasteiger partial charge on any atom is 0.112 e. The van der Waals surface area contributed by atoms with Gasteiger partial charge in [0, 0.05) is 31.4 Å². The second-order valence-electron chi connectivity index (χ2n) is 5.27. The Labute approximate surface area is 117 Å². The van der Waals surface area contributed by atoms with E-state index in [0.29, 0.717) is 6.42 Å². The van der Waals surface area contributed by atoms with Gasteiger partial charge in [-0.1, -0.05) is 18.2 Å². The minimum Gasteiger partial charge on any atom is -0.385 e. The molecule has 0 saturated heterocycles. The fourth-order valence-corrected chi connectivity index (χ4v) is 2.44. The molecule has 2 aromatic heterocycles. The van der Waals surface area contributed by atoms with Gasteiger partial charge in [-0.2, -0.15) is 0 Å². The standard InChI is InChI=1S/C16H17N3O/c1-16(20,12-6-5-9-17-11-12)10-15-18-13-7-3-4-8-14(13)19(15)2/h3-9,11,20H,10H2,1-2H3. The second-order valence-corrected chi connectivity index (χ2v) is 5.27. The van der Waals surface area contributed by atoms with Gasteiger partial charge in [-0.05, 0) is 25.1 Å². The molecule has 4 nitrogen and oxygen atoms in total. The van der Waals surface area contributed by atoms with Crippen molar-refractivity contribution in [2.45, 2.75) is 18.9 Å². The predicted octanol–water partition coefficient (Wildman–Crippen LogP) is 2.42. The van der Waals surface area contributed by atoms with Crippen molar-refractivity contribution in [3.8, 4) is 0 Å². The lowest BCUT2D eigenvalue weighted by Crippen LogP contribution is -2.26. The third-order valence-corrected chi connectivity index (χ3v) is 3.67. The first-order chi connectivity index (χ1) is 9.58. The van der Waals surface area contributed by atoms with E-state index in [4.69, 9.17) is 0 Å². The fourth-order valence-electron chi connectivity index (χ4n) is 2.44. The van der Waals surface area contributed by atoms with E-state index in [2.05, 4.69) is 9.97 Å². The Kier molecular flexibility index (Phi) is 3.03. The summed E-state index contributed by atoms with van der Waals surface area (Å²) in [6, 6.07) is 11.7. The maximum absolute atomic E-state index is 10.7. The van der Waals surface area contributed by atoms with Gasteiger partial charge in [-0.15, -0.1) is 0 Å². The molecule has 4 heteroatoms. The van der Waals surface area contributed by atoms with E-state index in [9.17, 15) is 5.11 Å². The van der Waals surface area contributed by atoms with Crippen LogP contribution < -0.4 is 0 Å². The number of pyridine rings is 1. The minimum atomic E-state index is -0.983. The molecule has 0 spiro atoms. The van der Waals surface area contributed by atoms with E-state index < -0.39 is 5.60 Å². The summed E-state index contributed by atoms with van der Waals surface area (Å²) in [6.07, 6.45) is 3.85. The molecule has 0 aliphatic heterocycles. The number of hydrogen-bond donors (Lipinski definition) is 1. The summed E-state index contributed by atoms with van der Waals surface area (Å²) in [5.41, 5.74) is 1.84. The first kappa shape index (κ1) is 12.8. The van der Waals surface area contributed by atoms with Gasteiger partial charge in [0.1, 0.15) is 5.82 Å². The summed E-state index contributed by atoms with van der Waals surface area (Å²) in [5.74, 6) is 0.861. The molecule has 0 fully saturated rings. The molecular formula is C16H17N3O. The Morgan fingerprint density at radius 2 is 2.00 bits per heavy atom. The number of fused-ring (bicyclic) bond motifs is 1. The minimum absolute atomic E-state index is 0.448. The molecule has 0 aliphatic rings. The smallest absolute Gasteiger partial charge is 0.112 e. The Morgan fingerprint density at radius 3 is 2.70 bits per heavy atom. The second kappa shape index (κ2) is 4.72. The third kappa shape index (κ3) is 2.18. The highest BCUT2D eigenvalue weighted by molar-refractivity contribution is 5.75. The van der Waals surface area contributed by atoms with Gasteiger partial charge < -0.3 is 9.67 Å². The number of aryl methyl sites for hydroxylation is 1. The zero-order valence-electron chi connectivity index (χ0n) is 11.6. The van der Waals surface area contributed by atoms with E-state index in [0.717, 1.165) is 22.4 Å². The van der Waals surface area contributed by atoms with Crippen molar-refractivity contribution in [3.05, 3.63) is 60.2 Å². The van der Waals surface area contributed by atoms with Gasteiger partial charge in [-0.25, -0.2) is 4.98 Å². The van der Waals surface area contributed by atoms with Crippen LogP contribution in [0, 0.1) is 0 Å². The van der Waals surface area contributed by atoms with Crippen molar-refractivity contribution >= 4 is 11.0 Å². The summed E-state index contributed by atoms with van der Waals surface area (Å²) < 4.78 is 2.03. The van der Waals surface area contributed by atoms with Gasteiger partial charge >= 0.3 is 0 Å². The van der Waals surface area contributed by atoms with Crippen molar-refractivity contribution in [2.24, 2.45) is 7.05 Å². The van der Waals surface area contributed by atoms with Crippen LogP contribution in [0.3, 0.4) is 0 Å². The van der Waals surface area contributed by atoms with E-state index in [1.807, 2.05) is 48.0 Å². The average Bonchev–Trinajstić information content (AvgIpc) is 2.76. The summed E-state index contributed by atoms with van der Waals surface area (Å²) in [4.78, 5) is 8.68. The van der Waals surface area contributed by atoms with E-state index in [1.54, 1.807) is 19.3 Å². The van der Waals surface area contributed by atoms with Crippen LogP contribution in [-0.4, -0.2) is 19.6 Å². The Balaban J connectivity index is 1.99. The van der Waals surface area contributed by atoms with Crippen LogP contribution in [0.4, 0.5) is 0 Å². The molecule has 0 saturated carbocycles. The molecule has 3 rings (SSSR count). The van der Waals surface area contributed by atoms with Crippen molar-refractivity contribution in [1.82, 2.24) is 14.5 Å². The number of imidazole rings is 1. The van der Waals surface area contributed by atoms with Crippen molar-refractivity contribution in [1.29, 1.82) is 0 Å². The van der Waals surface area contributed by atoms with E-state index >= 15 is 0 Å². The first-order valence-electron chi connectivity index (χ1n) is 6.61. The molecule has 0 radical (unpaired) electrons. The van der Waals surface area contributed by atoms with Crippen molar-refractivity contribution < 1.29 is 5.11 Å². The number of rotatable bonds is 3. The van der Waals surface area contributed by atoms with Gasteiger partial charge in [0.25, 0.3) is 0 Å². The summed E-state index contributed by atoms with van der Waals surface area (Å²) >= 11 is 0. The fraction of sp³-hybridized carbons (Fsp3) is 0.250. The van der Waals surface area contributed by atoms with Crippen LogP contribution in [0.1, 0.15) is 18.3 Å². The van der Waals surface area contributed by atoms with Crippen LogP contribution in [0.25, 0.3) is 11.0 Å². The van der Waals surface area contributed by atoms with Crippen LogP contribution >= 0.6 is 0 Å². The molecular weight excluding hydrogens is 250 g/mol. The lowest BCUT2D eigenvalue weighted by molar-refractivity contribution is 0.0545. The molecule has 3 aromatic rings. The zero-order chi connectivity index (χ0) is 14.2. The largest absolute Gasteiger partial charge is 0.385 e. The average molecular weight is 267 g/mol. The molecule has 20 heavy (non-hydrogen) atoms. The molecule has 0 amide bonds. The monoisotopic (exact) mass is 267 g/mol. The number of nitrogens with zero attached hydrogens (tertiary/aromatic N) is 3. The highest BCUT2D eigenvalue weighted by Crippen LogP contribution is 2.25. The topological polar surface area (TPSA) is 50.9 Å². The molecule has 1 atom stereocenters. The Hall–Kier alpha value is -2.20. The lowest BCUT2D eigenvalue weighted by atomic mass is 9.94. The normalized spacial score (nSPS) is 14.3. The summed E-state index contributed by atoms with van der Waals surface area (Å²) in [5, 5.41) is 10.7. The SMILES string of the molecule is Cn1c(CC(C)(O)c2cccnc2)nc2ccccc21. The zero-order valence-corrected chi connectivity index (χ0v) is 11.6. The quantitative estimate of drug-likeness (QED) is 0.793. The van der Waals surface area contributed by atoms with Crippen LogP contribution in [0.5, 0.6) is 0 Å². The molecule has 1 unspecified atom stereocenters. The van der Waals surface area contributed by atoms with Gasteiger partial charge in [-0.3, -0.25) is 4.98 Å². The first-order valence-corrected chi connectivity index (χ1v) is 6.61. The molecule has 102 valence electrons. The van der Waals surface area contributed by atoms with Crippen molar-refractivity contribution in [2.75, 3.05) is 0 Å². The van der Waals surface area contributed by atoms with E-state index in [-0.39, 0.29) is 0 Å². The number of aliphatic hydroxyl groups is 1. The highest BCUT2D eigenvalue weighted by Gasteiger charge is 2.26. The molecule has 1 N–H and O–H groups in total. The molecule has 0 bridgehead atoms. The van der Waals surface area contributed by atoms with Crippen LogP contribution in [0.15, 0.2) is 48.8 Å². The van der Waals surface area contributed by atoms with Gasteiger partial charge in [0.2, 0.25) is 0 Å². The lowest BCUT2D eigenvalue weighted by Gasteiger charge is -2.23. The van der Waals surface area contributed by atoms with Gasteiger partial charge in [0.15, 0.2) is 0 Å². The van der Waals surface area contributed by atoms with Crippen molar-refractivity contribution in [3.63, 3.8) is 0 Å². The maximum atomic E-state index is 10.7. The third-order valence-electron chi connectivity index (χ3n) is 3.67.